The van der Waals surface area contributed by atoms with Crippen LogP contribution in [-0.4, -0.2) is 33.2 Å². The number of carbonyl (C=O) groups excluding carboxylic acids is 2. The third-order valence-corrected chi connectivity index (χ3v) is 4.49. The Bertz CT molecular complexity index is 993. The fraction of sp³-hybridized carbons (Fsp3) is 0.176. The third-order valence-electron chi connectivity index (χ3n) is 3.24. The Kier molecular flexibility index (Phi) is 6.69. The molecule has 0 atom stereocenters. The molecule has 0 bridgehead atoms. The summed E-state index contributed by atoms with van der Waals surface area (Å²) in [6.45, 7) is 1.91. The van der Waals surface area contributed by atoms with Gasteiger partial charge in [-0.1, -0.05) is 23.2 Å². The SMILES string of the molecule is CCOC(=O)c1ccc(NC(=O)c2cc(NS(C)(=O)=O)ccc2Cl)c(Cl)c1. The number of carbonyl (C=O) groups is 2. The zero-order valence-electron chi connectivity index (χ0n) is 14.4. The molecule has 0 aliphatic rings. The maximum absolute atomic E-state index is 12.5. The van der Waals surface area contributed by atoms with Crippen LogP contribution in [0.15, 0.2) is 36.4 Å². The van der Waals surface area contributed by atoms with Crippen LogP contribution in [0.25, 0.3) is 0 Å². The molecule has 2 aromatic carbocycles. The van der Waals surface area contributed by atoms with Crippen molar-refractivity contribution in [1.82, 2.24) is 0 Å². The van der Waals surface area contributed by atoms with Gasteiger partial charge in [-0.15, -0.1) is 0 Å². The monoisotopic (exact) mass is 430 g/mol. The van der Waals surface area contributed by atoms with Crippen molar-refractivity contribution in [2.75, 3.05) is 22.9 Å². The first-order valence-electron chi connectivity index (χ1n) is 7.66. The first-order valence-corrected chi connectivity index (χ1v) is 10.3. The molecule has 7 nitrogen and oxygen atoms in total. The lowest BCUT2D eigenvalue weighted by Gasteiger charge is -2.11. The maximum Gasteiger partial charge on any atom is 0.338 e. The summed E-state index contributed by atoms with van der Waals surface area (Å²) in [7, 11) is -3.51. The summed E-state index contributed by atoms with van der Waals surface area (Å²) < 4.78 is 29.8. The van der Waals surface area contributed by atoms with Gasteiger partial charge in [0.25, 0.3) is 5.91 Å². The van der Waals surface area contributed by atoms with Gasteiger partial charge in [-0.05, 0) is 43.3 Å². The van der Waals surface area contributed by atoms with Gasteiger partial charge in [0.15, 0.2) is 0 Å². The number of hydrogen-bond donors (Lipinski definition) is 2. The zero-order valence-corrected chi connectivity index (χ0v) is 16.7. The standard InChI is InChI=1S/C17H16Cl2N2O5S/c1-3-26-17(23)10-4-7-15(14(19)8-10)20-16(22)12-9-11(5-6-13(12)18)21-27(2,24)25/h4-9,21H,3H2,1-2H3,(H,20,22). The Morgan fingerprint density at radius 1 is 1.07 bits per heavy atom. The van der Waals surface area contributed by atoms with E-state index >= 15 is 0 Å². The highest BCUT2D eigenvalue weighted by Gasteiger charge is 2.16. The molecule has 0 spiro atoms. The molecule has 2 N–H and O–H groups in total. The molecule has 0 heterocycles. The van der Waals surface area contributed by atoms with E-state index in [0.717, 1.165) is 6.26 Å². The average molecular weight is 431 g/mol. The zero-order chi connectivity index (χ0) is 20.2. The molecule has 1 amide bonds. The lowest BCUT2D eigenvalue weighted by atomic mass is 10.1. The Morgan fingerprint density at radius 2 is 1.78 bits per heavy atom. The minimum atomic E-state index is -3.51. The number of nitrogens with one attached hydrogen (secondary N) is 2. The van der Waals surface area contributed by atoms with Crippen molar-refractivity contribution >= 4 is 56.5 Å². The number of anilines is 2. The van der Waals surface area contributed by atoms with Crippen LogP contribution in [0.5, 0.6) is 0 Å². The molecule has 0 unspecified atom stereocenters. The number of hydrogen-bond acceptors (Lipinski definition) is 5. The second-order valence-corrected chi connectivity index (χ2v) is 8.00. The van der Waals surface area contributed by atoms with Crippen molar-refractivity contribution in [3.05, 3.63) is 57.6 Å². The Morgan fingerprint density at radius 3 is 2.37 bits per heavy atom. The smallest absolute Gasteiger partial charge is 0.338 e. The molecule has 144 valence electrons. The molecule has 10 heteroatoms. The van der Waals surface area contributed by atoms with Gasteiger partial charge in [0, 0.05) is 5.69 Å². The van der Waals surface area contributed by atoms with Gasteiger partial charge >= 0.3 is 5.97 Å². The van der Waals surface area contributed by atoms with E-state index in [1.807, 2.05) is 0 Å². The molecule has 0 aliphatic carbocycles. The molecule has 2 aromatic rings. The molecular weight excluding hydrogens is 415 g/mol. The Hall–Kier alpha value is -2.29. The van der Waals surface area contributed by atoms with E-state index in [0.29, 0.717) is 0 Å². The van der Waals surface area contributed by atoms with E-state index in [4.69, 9.17) is 27.9 Å². The largest absolute Gasteiger partial charge is 0.462 e. The van der Waals surface area contributed by atoms with Crippen LogP contribution in [-0.2, 0) is 14.8 Å². The minimum Gasteiger partial charge on any atom is -0.462 e. The summed E-state index contributed by atoms with van der Waals surface area (Å²) >= 11 is 12.2. The van der Waals surface area contributed by atoms with Gasteiger partial charge in [-0.3, -0.25) is 9.52 Å². The van der Waals surface area contributed by atoms with Crippen molar-refractivity contribution in [2.24, 2.45) is 0 Å². The molecule has 27 heavy (non-hydrogen) atoms. The summed E-state index contributed by atoms with van der Waals surface area (Å²) in [6.07, 6.45) is 0.992. The van der Waals surface area contributed by atoms with E-state index in [2.05, 4.69) is 10.0 Å². The highest BCUT2D eigenvalue weighted by atomic mass is 35.5. The second-order valence-electron chi connectivity index (χ2n) is 5.44. The lowest BCUT2D eigenvalue weighted by Crippen LogP contribution is -2.15. The summed E-state index contributed by atoms with van der Waals surface area (Å²) in [5.74, 6) is -1.12. The fourth-order valence-corrected chi connectivity index (χ4v) is 3.11. The van der Waals surface area contributed by atoms with Gasteiger partial charge in [-0.2, -0.15) is 0 Å². The normalized spacial score (nSPS) is 11.0. The van der Waals surface area contributed by atoms with Crippen molar-refractivity contribution in [3.63, 3.8) is 0 Å². The van der Waals surface area contributed by atoms with Crippen LogP contribution < -0.4 is 10.0 Å². The van der Waals surface area contributed by atoms with E-state index in [-0.39, 0.29) is 39.2 Å². The third kappa shape index (κ3) is 5.85. The molecule has 0 aromatic heterocycles. The van der Waals surface area contributed by atoms with Gasteiger partial charge < -0.3 is 10.1 Å². The molecule has 2 rings (SSSR count). The van der Waals surface area contributed by atoms with Crippen molar-refractivity contribution in [2.45, 2.75) is 6.92 Å². The number of sulfonamides is 1. The molecule has 0 fully saturated rings. The number of benzene rings is 2. The van der Waals surface area contributed by atoms with Gasteiger partial charge in [-0.25, -0.2) is 13.2 Å². The number of ether oxygens (including phenoxy) is 1. The lowest BCUT2D eigenvalue weighted by molar-refractivity contribution is 0.0526. The Balaban J connectivity index is 2.24. The quantitative estimate of drug-likeness (QED) is 0.678. The number of halogens is 2. The van der Waals surface area contributed by atoms with Crippen molar-refractivity contribution in [1.29, 1.82) is 0 Å². The number of amides is 1. The maximum atomic E-state index is 12.5. The topological polar surface area (TPSA) is 102 Å². The summed E-state index contributed by atoms with van der Waals surface area (Å²) in [5, 5.41) is 2.84. The number of esters is 1. The summed E-state index contributed by atoms with van der Waals surface area (Å²) in [4.78, 5) is 24.2. The van der Waals surface area contributed by atoms with E-state index in [1.54, 1.807) is 6.92 Å². The van der Waals surface area contributed by atoms with Crippen molar-refractivity contribution < 1.29 is 22.7 Å². The van der Waals surface area contributed by atoms with Gasteiger partial charge in [0.1, 0.15) is 0 Å². The van der Waals surface area contributed by atoms with Crippen LogP contribution in [0.4, 0.5) is 11.4 Å². The van der Waals surface area contributed by atoms with Crippen LogP contribution in [0, 0.1) is 0 Å². The first-order chi connectivity index (χ1) is 12.6. The van der Waals surface area contributed by atoms with E-state index < -0.39 is 21.9 Å². The second kappa shape index (κ2) is 8.60. The van der Waals surface area contributed by atoms with Crippen LogP contribution in [0.1, 0.15) is 27.6 Å². The predicted molar refractivity (Wildman–Crippen MR) is 105 cm³/mol. The molecule has 0 saturated carbocycles. The van der Waals surface area contributed by atoms with Crippen LogP contribution in [0.2, 0.25) is 10.0 Å². The fourth-order valence-electron chi connectivity index (χ4n) is 2.12. The Labute approximate surface area is 166 Å². The average Bonchev–Trinajstić information content (AvgIpc) is 2.57. The summed E-state index contributed by atoms with van der Waals surface area (Å²) in [6, 6.07) is 8.43. The molecule has 0 aliphatic heterocycles. The highest BCUT2D eigenvalue weighted by molar-refractivity contribution is 7.92. The van der Waals surface area contributed by atoms with E-state index in [9.17, 15) is 18.0 Å². The molecular formula is C17H16Cl2N2O5S. The number of rotatable bonds is 6. The highest BCUT2D eigenvalue weighted by Crippen LogP contribution is 2.26. The minimum absolute atomic E-state index is 0.0517. The van der Waals surface area contributed by atoms with E-state index in [1.165, 1.54) is 36.4 Å². The van der Waals surface area contributed by atoms with Crippen LogP contribution in [0.3, 0.4) is 0 Å². The first kappa shape index (κ1) is 21.0. The van der Waals surface area contributed by atoms with Gasteiger partial charge in [0.05, 0.1) is 39.7 Å². The molecule has 0 radical (unpaired) electrons. The summed E-state index contributed by atoms with van der Waals surface area (Å²) in [5.41, 5.74) is 0.746. The van der Waals surface area contributed by atoms with Crippen LogP contribution >= 0.6 is 23.2 Å². The molecule has 0 saturated heterocycles. The van der Waals surface area contributed by atoms with Crippen molar-refractivity contribution in [3.8, 4) is 0 Å². The predicted octanol–water partition coefficient (Wildman–Crippen LogP) is 3.79. The van der Waals surface area contributed by atoms with Gasteiger partial charge in [0.2, 0.25) is 10.0 Å².